The van der Waals surface area contributed by atoms with Crippen LogP contribution in [0.1, 0.15) is 36.1 Å². The highest BCUT2D eigenvalue weighted by Crippen LogP contribution is 2.51. The summed E-state index contributed by atoms with van der Waals surface area (Å²) < 4.78 is 2.41. The fourth-order valence-corrected chi connectivity index (χ4v) is 8.48. The molecule has 1 aliphatic carbocycles. The molecule has 0 fully saturated rings. The van der Waals surface area contributed by atoms with Gasteiger partial charge in [-0.2, -0.15) is 0 Å². The largest absolute Gasteiger partial charge is 0.310 e. The lowest BCUT2D eigenvalue weighted by molar-refractivity contribution is 0.660. The summed E-state index contributed by atoms with van der Waals surface area (Å²) in [6.07, 6.45) is 4.58. The summed E-state index contributed by atoms with van der Waals surface area (Å²) in [4.78, 5) is 2.35. The van der Waals surface area contributed by atoms with Crippen LogP contribution in [-0.2, 0) is 5.41 Å². The summed E-state index contributed by atoms with van der Waals surface area (Å²) in [5.41, 5.74) is 14.8. The molecule has 1 heterocycles. The monoisotopic (exact) mass is 652 g/mol. The maximum Gasteiger partial charge on any atom is 0.0547 e. The Bertz CT molecular complexity index is 2710. The van der Waals surface area contributed by atoms with Gasteiger partial charge in [-0.25, -0.2) is 0 Å². The number of hydrogen-bond acceptors (Lipinski definition) is 1. The Morgan fingerprint density at radius 1 is 0.490 bits per heavy atom. The maximum absolute atomic E-state index is 2.41. The van der Waals surface area contributed by atoms with E-state index < -0.39 is 0 Å². The van der Waals surface area contributed by atoms with E-state index in [-0.39, 0.29) is 5.41 Å². The van der Waals surface area contributed by atoms with Crippen LogP contribution >= 0.6 is 0 Å². The van der Waals surface area contributed by atoms with Crippen molar-refractivity contribution in [2.75, 3.05) is 4.90 Å². The minimum atomic E-state index is -0.146. The van der Waals surface area contributed by atoms with Crippen LogP contribution in [0.2, 0.25) is 0 Å². The number of rotatable bonds is 6. The summed E-state index contributed by atoms with van der Waals surface area (Å²) in [5.74, 6) is 0. The molecule has 2 nitrogen and oxygen atoms in total. The molecule has 8 aromatic carbocycles. The molecule has 0 radical (unpaired) electrons. The summed E-state index contributed by atoms with van der Waals surface area (Å²) in [6, 6.07) is 61.8. The number of fused-ring (bicyclic) bond motifs is 3. The van der Waals surface area contributed by atoms with Crippen LogP contribution in [0.15, 0.2) is 170 Å². The average molecular weight is 653 g/mol. The molecule has 0 saturated carbocycles. The molecule has 0 aliphatic heterocycles. The number of aromatic nitrogens is 1. The van der Waals surface area contributed by atoms with E-state index in [4.69, 9.17) is 0 Å². The quantitative estimate of drug-likeness (QED) is 0.128. The van der Waals surface area contributed by atoms with Gasteiger partial charge in [0.1, 0.15) is 0 Å². The van der Waals surface area contributed by atoms with Crippen molar-refractivity contribution < 1.29 is 0 Å². The average Bonchev–Trinajstić information content (AvgIpc) is 3.63. The Kier molecular flexibility index (Phi) is 6.56. The first-order valence-corrected chi connectivity index (χ1v) is 17.8. The van der Waals surface area contributed by atoms with Crippen LogP contribution in [0.5, 0.6) is 0 Å². The lowest BCUT2D eigenvalue weighted by atomic mass is 9.81. The van der Waals surface area contributed by atoms with Crippen molar-refractivity contribution in [3.63, 3.8) is 0 Å². The van der Waals surface area contributed by atoms with Crippen molar-refractivity contribution in [2.45, 2.75) is 19.3 Å². The molecule has 0 amide bonds. The molecule has 0 spiro atoms. The second-order valence-corrected chi connectivity index (χ2v) is 14.2. The highest BCUT2D eigenvalue weighted by molar-refractivity contribution is 6.25. The van der Waals surface area contributed by atoms with E-state index in [1.54, 1.807) is 0 Å². The van der Waals surface area contributed by atoms with Gasteiger partial charge in [-0.05, 0) is 105 Å². The van der Waals surface area contributed by atoms with E-state index in [0.717, 1.165) is 11.4 Å². The zero-order valence-electron chi connectivity index (χ0n) is 28.7. The molecular weight excluding hydrogens is 617 g/mol. The number of benzene rings is 8. The fraction of sp³-hybridized carbons (Fsp3) is 0.0612. The lowest BCUT2D eigenvalue weighted by Crippen LogP contribution is -2.16. The molecule has 242 valence electrons. The van der Waals surface area contributed by atoms with Crippen LogP contribution in [0, 0.1) is 0 Å². The van der Waals surface area contributed by atoms with Gasteiger partial charge in [0.05, 0.1) is 11.0 Å². The Morgan fingerprint density at radius 3 is 1.86 bits per heavy atom. The topological polar surface area (TPSA) is 8.17 Å². The molecule has 1 aliphatic rings. The van der Waals surface area contributed by atoms with Gasteiger partial charge in [-0.3, -0.25) is 0 Å². The maximum atomic E-state index is 2.41. The predicted octanol–water partition coefficient (Wildman–Crippen LogP) is 13.3. The SMILES string of the molecule is CC1(C)c2cc(/C=C/c3ccc4c5c3ccc3cccc(c35)n4-c3ccccc3)ccc2-c2ccc(N(c3ccccc3)c3ccccc3)cc21. The van der Waals surface area contributed by atoms with E-state index in [1.165, 1.54) is 77.3 Å². The summed E-state index contributed by atoms with van der Waals surface area (Å²) in [5, 5.41) is 5.22. The van der Waals surface area contributed by atoms with Crippen LogP contribution in [0.3, 0.4) is 0 Å². The minimum absolute atomic E-state index is 0.146. The highest BCUT2D eigenvalue weighted by Gasteiger charge is 2.36. The van der Waals surface area contributed by atoms with Gasteiger partial charge in [-0.1, -0.05) is 135 Å². The van der Waals surface area contributed by atoms with Gasteiger partial charge in [0.25, 0.3) is 0 Å². The van der Waals surface area contributed by atoms with Gasteiger partial charge in [-0.15, -0.1) is 0 Å². The molecule has 0 unspecified atom stereocenters. The number of hydrogen-bond donors (Lipinski definition) is 0. The first kappa shape index (κ1) is 29.5. The Morgan fingerprint density at radius 2 is 1.14 bits per heavy atom. The van der Waals surface area contributed by atoms with Crippen LogP contribution < -0.4 is 4.90 Å². The van der Waals surface area contributed by atoms with Crippen molar-refractivity contribution in [2.24, 2.45) is 0 Å². The lowest BCUT2D eigenvalue weighted by Gasteiger charge is -2.28. The zero-order chi connectivity index (χ0) is 34.1. The van der Waals surface area contributed by atoms with Gasteiger partial charge in [0, 0.05) is 38.9 Å². The number of nitrogens with zero attached hydrogens (tertiary/aromatic N) is 2. The van der Waals surface area contributed by atoms with Crippen molar-refractivity contribution >= 4 is 61.8 Å². The van der Waals surface area contributed by atoms with Crippen molar-refractivity contribution in [3.8, 4) is 16.8 Å². The molecular formula is C49H36N2. The summed E-state index contributed by atoms with van der Waals surface area (Å²) in [7, 11) is 0. The minimum Gasteiger partial charge on any atom is -0.310 e. The van der Waals surface area contributed by atoms with Gasteiger partial charge >= 0.3 is 0 Å². The Labute approximate surface area is 298 Å². The molecule has 51 heavy (non-hydrogen) atoms. The molecule has 10 rings (SSSR count). The third-order valence-corrected chi connectivity index (χ3v) is 10.9. The molecule has 1 aromatic heterocycles. The van der Waals surface area contributed by atoms with Crippen molar-refractivity contribution in [3.05, 3.63) is 192 Å². The van der Waals surface area contributed by atoms with E-state index >= 15 is 0 Å². The van der Waals surface area contributed by atoms with E-state index in [9.17, 15) is 0 Å². The summed E-state index contributed by atoms with van der Waals surface area (Å²) >= 11 is 0. The normalized spacial score (nSPS) is 13.4. The second-order valence-electron chi connectivity index (χ2n) is 14.2. The summed E-state index contributed by atoms with van der Waals surface area (Å²) in [6.45, 7) is 4.74. The molecule has 0 saturated heterocycles. The standard InChI is InChI=1S/C49H36N2/c1-49(2)43-31-33(22-27-41(43)42-29-26-39(32-44(42)49)50(36-14-6-3-7-15-36)37-16-8-4-9-17-37)21-23-34-25-30-46-48-40(34)28-24-35-13-12-20-45(47(35)48)51(46)38-18-10-5-11-19-38/h3-32H,1-2H3/b23-21+. The Balaban J connectivity index is 1.03. The van der Waals surface area contributed by atoms with Crippen molar-refractivity contribution in [1.29, 1.82) is 0 Å². The van der Waals surface area contributed by atoms with E-state index in [2.05, 4.69) is 205 Å². The first-order valence-electron chi connectivity index (χ1n) is 17.8. The van der Waals surface area contributed by atoms with E-state index in [1.807, 2.05) is 0 Å². The Hall–Kier alpha value is -6.38. The predicted molar refractivity (Wildman–Crippen MR) is 217 cm³/mol. The van der Waals surface area contributed by atoms with Gasteiger partial charge < -0.3 is 9.47 Å². The van der Waals surface area contributed by atoms with Gasteiger partial charge in [0.2, 0.25) is 0 Å². The van der Waals surface area contributed by atoms with Crippen LogP contribution in [-0.4, -0.2) is 4.57 Å². The number of para-hydroxylation sites is 3. The fourth-order valence-electron chi connectivity index (χ4n) is 8.48. The molecule has 0 bridgehead atoms. The first-order chi connectivity index (χ1) is 25.1. The van der Waals surface area contributed by atoms with Gasteiger partial charge in [0.15, 0.2) is 0 Å². The number of anilines is 3. The molecule has 0 N–H and O–H groups in total. The molecule has 9 aromatic rings. The molecule has 2 heteroatoms. The van der Waals surface area contributed by atoms with E-state index in [0.29, 0.717) is 0 Å². The molecule has 0 atom stereocenters. The third-order valence-electron chi connectivity index (χ3n) is 10.9. The van der Waals surface area contributed by atoms with Crippen molar-refractivity contribution in [1.82, 2.24) is 4.57 Å². The smallest absolute Gasteiger partial charge is 0.0547 e. The zero-order valence-corrected chi connectivity index (χ0v) is 28.7. The third kappa shape index (κ3) is 4.57. The second kappa shape index (κ2) is 11.3. The van der Waals surface area contributed by atoms with Crippen LogP contribution in [0.25, 0.3) is 61.5 Å². The highest BCUT2D eigenvalue weighted by atomic mass is 15.1. The van der Waals surface area contributed by atoms with Crippen LogP contribution in [0.4, 0.5) is 17.1 Å².